The molecule has 0 unspecified atom stereocenters. The maximum atomic E-state index is 12.4. The Morgan fingerprint density at radius 1 is 1.22 bits per heavy atom. The van der Waals surface area contributed by atoms with E-state index < -0.39 is 36.0 Å². The predicted octanol–water partition coefficient (Wildman–Crippen LogP) is 2.01. The van der Waals surface area contributed by atoms with Crippen LogP contribution in [-0.4, -0.2) is 55.1 Å². The van der Waals surface area contributed by atoms with Crippen LogP contribution in [0.15, 0.2) is 24.3 Å². The predicted molar refractivity (Wildman–Crippen MR) is 102 cm³/mol. The van der Waals surface area contributed by atoms with E-state index in [4.69, 9.17) is 16.3 Å². The van der Waals surface area contributed by atoms with Gasteiger partial charge >= 0.3 is 12.1 Å². The van der Waals surface area contributed by atoms with Crippen LogP contribution in [0.25, 0.3) is 0 Å². The van der Waals surface area contributed by atoms with Crippen LogP contribution >= 0.6 is 23.4 Å². The monoisotopic (exact) mass is 416 g/mol. The summed E-state index contributed by atoms with van der Waals surface area (Å²) in [6.07, 6.45) is -0.0638. The lowest BCUT2D eigenvalue weighted by molar-refractivity contribution is -0.156. The van der Waals surface area contributed by atoms with Crippen LogP contribution in [0.3, 0.4) is 0 Å². The van der Waals surface area contributed by atoms with Crippen molar-refractivity contribution in [2.75, 3.05) is 19.1 Å². The van der Waals surface area contributed by atoms with Gasteiger partial charge in [0.15, 0.2) is 6.10 Å². The van der Waals surface area contributed by atoms with E-state index in [-0.39, 0.29) is 10.6 Å². The molecule has 0 heterocycles. The van der Waals surface area contributed by atoms with Crippen LogP contribution in [0.5, 0.6) is 0 Å². The molecule has 2 atom stereocenters. The van der Waals surface area contributed by atoms with Crippen molar-refractivity contribution >= 4 is 47.2 Å². The fourth-order valence-corrected chi connectivity index (χ4v) is 2.62. The number of nitrogens with one attached hydrogen (secondary N) is 2. The minimum atomic E-state index is -1.24. The van der Waals surface area contributed by atoms with E-state index in [2.05, 4.69) is 10.1 Å². The van der Waals surface area contributed by atoms with Gasteiger partial charge in [-0.3, -0.25) is 14.9 Å². The molecule has 8 nitrogen and oxygen atoms in total. The molecular weight excluding hydrogens is 396 g/mol. The molecule has 0 aliphatic heterocycles. The molecule has 1 aromatic rings. The number of esters is 1. The molecule has 0 saturated carbocycles. The maximum Gasteiger partial charge on any atom is 0.413 e. The Labute approximate surface area is 166 Å². The zero-order valence-corrected chi connectivity index (χ0v) is 16.7. The van der Waals surface area contributed by atoms with Crippen molar-refractivity contribution in [1.82, 2.24) is 10.6 Å². The summed E-state index contributed by atoms with van der Waals surface area (Å²) in [6.45, 7) is 1.30. The van der Waals surface area contributed by atoms with Crippen LogP contribution in [0, 0.1) is 0 Å². The lowest BCUT2D eigenvalue weighted by atomic mass is 10.1. The number of alkyl carbamates (subject to hydrolysis) is 1. The number of carbonyl (C=O) groups is 4. The summed E-state index contributed by atoms with van der Waals surface area (Å²) in [7, 11) is 1.10. The van der Waals surface area contributed by atoms with Crippen molar-refractivity contribution < 1.29 is 28.7 Å². The first-order valence-corrected chi connectivity index (χ1v) is 9.71. The van der Waals surface area contributed by atoms with E-state index in [9.17, 15) is 19.2 Å². The summed E-state index contributed by atoms with van der Waals surface area (Å²) < 4.78 is 9.37. The van der Waals surface area contributed by atoms with Gasteiger partial charge in [0.1, 0.15) is 6.04 Å². The highest BCUT2D eigenvalue weighted by Crippen LogP contribution is 2.15. The molecule has 0 aliphatic rings. The van der Waals surface area contributed by atoms with Gasteiger partial charge in [-0.2, -0.15) is 11.8 Å². The Balaban J connectivity index is 2.78. The summed E-state index contributed by atoms with van der Waals surface area (Å²) >= 11 is 7.48. The van der Waals surface area contributed by atoms with Gasteiger partial charge in [0.2, 0.25) is 0 Å². The first-order chi connectivity index (χ1) is 12.8. The van der Waals surface area contributed by atoms with E-state index in [0.29, 0.717) is 12.2 Å². The number of halogens is 1. The van der Waals surface area contributed by atoms with E-state index in [1.54, 1.807) is 18.2 Å². The van der Waals surface area contributed by atoms with Gasteiger partial charge < -0.3 is 14.8 Å². The number of ether oxygens (including phenoxy) is 2. The summed E-state index contributed by atoms with van der Waals surface area (Å²) in [5.41, 5.74) is 0.220. The van der Waals surface area contributed by atoms with Crippen LogP contribution in [0.1, 0.15) is 23.7 Å². The minimum Gasteiger partial charge on any atom is -0.453 e. The molecule has 3 amide bonds. The topological polar surface area (TPSA) is 111 Å². The first kappa shape index (κ1) is 22.8. The molecule has 1 rings (SSSR count). The van der Waals surface area contributed by atoms with Gasteiger partial charge in [-0.15, -0.1) is 0 Å². The molecule has 0 radical (unpaired) electrons. The number of benzene rings is 1. The summed E-state index contributed by atoms with van der Waals surface area (Å²) in [5, 5.41) is 4.72. The molecule has 27 heavy (non-hydrogen) atoms. The smallest absolute Gasteiger partial charge is 0.413 e. The van der Waals surface area contributed by atoms with Crippen LogP contribution in [0.2, 0.25) is 5.02 Å². The Morgan fingerprint density at radius 2 is 1.89 bits per heavy atom. The van der Waals surface area contributed by atoms with Crippen molar-refractivity contribution in [3.8, 4) is 0 Å². The average Bonchev–Trinajstić information content (AvgIpc) is 2.64. The number of thioether (sulfide) groups is 1. The van der Waals surface area contributed by atoms with Gasteiger partial charge in [-0.25, -0.2) is 9.59 Å². The second-order valence-electron chi connectivity index (χ2n) is 5.35. The van der Waals surface area contributed by atoms with E-state index in [1.165, 1.54) is 24.8 Å². The van der Waals surface area contributed by atoms with Crippen molar-refractivity contribution in [2.45, 2.75) is 25.5 Å². The molecule has 148 valence electrons. The Kier molecular flexibility index (Phi) is 9.66. The Bertz CT molecular complexity index is 700. The Hall–Kier alpha value is -2.26. The summed E-state index contributed by atoms with van der Waals surface area (Å²) in [6, 6.07) is 5.44. The van der Waals surface area contributed by atoms with Gasteiger partial charge in [-0.05, 0) is 37.5 Å². The van der Waals surface area contributed by atoms with E-state index in [1.807, 2.05) is 11.6 Å². The van der Waals surface area contributed by atoms with Gasteiger partial charge in [-0.1, -0.05) is 23.7 Å². The van der Waals surface area contributed by atoms with E-state index in [0.717, 1.165) is 7.11 Å². The van der Waals surface area contributed by atoms with Crippen molar-refractivity contribution in [1.29, 1.82) is 0 Å². The van der Waals surface area contributed by atoms with Crippen LogP contribution in [0.4, 0.5) is 4.79 Å². The van der Waals surface area contributed by atoms with Gasteiger partial charge in [0, 0.05) is 0 Å². The third-order valence-electron chi connectivity index (χ3n) is 3.39. The SMILES string of the molecule is COC(=O)NC(=O)[C@@H](C)OC(=O)[C@H](CCSC)NC(=O)c1ccccc1Cl. The third kappa shape index (κ3) is 7.48. The maximum absolute atomic E-state index is 12.4. The Morgan fingerprint density at radius 3 is 2.48 bits per heavy atom. The second kappa shape index (κ2) is 11.5. The molecule has 0 aromatic heterocycles. The zero-order valence-electron chi connectivity index (χ0n) is 15.1. The highest BCUT2D eigenvalue weighted by Gasteiger charge is 2.27. The number of imide groups is 1. The number of amides is 3. The molecule has 2 N–H and O–H groups in total. The van der Waals surface area contributed by atoms with Gasteiger partial charge in [0.05, 0.1) is 17.7 Å². The number of hydrogen-bond acceptors (Lipinski definition) is 7. The summed E-state index contributed by atoms with van der Waals surface area (Å²) in [5.74, 6) is -1.59. The molecule has 0 aliphatic carbocycles. The third-order valence-corrected chi connectivity index (χ3v) is 4.37. The molecule has 10 heteroatoms. The number of methoxy groups -OCH3 is 1. The molecular formula is C17H21ClN2O6S. The second-order valence-corrected chi connectivity index (χ2v) is 6.74. The largest absolute Gasteiger partial charge is 0.453 e. The number of carbonyl (C=O) groups excluding carboxylic acids is 4. The van der Waals surface area contributed by atoms with Crippen molar-refractivity contribution in [3.05, 3.63) is 34.9 Å². The fraction of sp³-hybridized carbons (Fsp3) is 0.412. The van der Waals surface area contributed by atoms with Gasteiger partial charge in [0.25, 0.3) is 11.8 Å². The van der Waals surface area contributed by atoms with Crippen molar-refractivity contribution in [3.63, 3.8) is 0 Å². The van der Waals surface area contributed by atoms with Crippen molar-refractivity contribution in [2.24, 2.45) is 0 Å². The molecule has 1 aromatic carbocycles. The average molecular weight is 417 g/mol. The lowest BCUT2D eigenvalue weighted by Crippen LogP contribution is -2.46. The standard InChI is InChI=1S/C17H21ClN2O6S/c1-10(14(21)20-17(24)25-2)26-16(23)13(8-9-27-3)19-15(22)11-6-4-5-7-12(11)18/h4-7,10,13H,8-9H2,1-3H3,(H,19,22)(H,20,21,24)/t10-,13+/m1/s1. The minimum absolute atomic E-state index is 0.220. The number of rotatable bonds is 8. The highest BCUT2D eigenvalue weighted by molar-refractivity contribution is 7.98. The molecule has 0 bridgehead atoms. The number of hydrogen-bond donors (Lipinski definition) is 2. The first-order valence-electron chi connectivity index (χ1n) is 7.93. The van der Waals surface area contributed by atoms with E-state index >= 15 is 0 Å². The lowest BCUT2D eigenvalue weighted by Gasteiger charge is -2.20. The normalized spacial score (nSPS) is 12.4. The van der Waals surface area contributed by atoms with Crippen LogP contribution < -0.4 is 10.6 Å². The highest BCUT2D eigenvalue weighted by atomic mass is 35.5. The fourth-order valence-electron chi connectivity index (χ4n) is 1.93. The summed E-state index contributed by atoms with van der Waals surface area (Å²) in [4.78, 5) is 47.6. The quantitative estimate of drug-likeness (QED) is 0.623. The van der Waals surface area contributed by atoms with Crippen LogP contribution in [-0.2, 0) is 19.1 Å². The molecule has 0 saturated heterocycles. The molecule has 0 fully saturated rings. The molecule has 0 spiro atoms. The zero-order chi connectivity index (χ0) is 20.4.